The van der Waals surface area contributed by atoms with Crippen LogP contribution in [-0.4, -0.2) is 14.9 Å². The predicted molar refractivity (Wildman–Crippen MR) is 112 cm³/mol. The quantitative estimate of drug-likeness (QED) is 0.454. The van der Waals surface area contributed by atoms with Crippen LogP contribution in [-0.2, 0) is 13.1 Å². The molecule has 1 aromatic heterocycles. The van der Waals surface area contributed by atoms with E-state index in [9.17, 15) is 9.18 Å². The third kappa shape index (κ3) is 3.82. The van der Waals surface area contributed by atoms with Crippen molar-refractivity contribution in [3.05, 3.63) is 101 Å². The molecule has 142 valence electrons. The van der Waals surface area contributed by atoms with Crippen LogP contribution in [0.25, 0.3) is 11.0 Å². The third-order valence-electron chi connectivity index (χ3n) is 4.61. The average Bonchev–Trinajstić information content (AvgIpc) is 2.95. The number of nitrogens with one attached hydrogen (secondary N) is 1. The van der Waals surface area contributed by atoms with Crippen LogP contribution in [0.3, 0.4) is 0 Å². The van der Waals surface area contributed by atoms with Gasteiger partial charge >= 0.3 is 0 Å². The zero-order valence-electron chi connectivity index (χ0n) is 15.0. The van der Waals surface area contributed by atoms with E-state index in [4.69, 9.17) is 5.41 Å². The fraction of sp³-hybridized carbons (Fsp3) is 0.0909. The van der Waals surface area contributed by atoms with Gasteiger partial charge in [0.15, 0.2) is 5.78 Å². The van der Waals surface area contributed by atoms with E-state index < -0.39 is 5.82 Å². The Morgan fingerprint density at radius 2 is 1.50 bits per heavy atom. The number of halogens is 2. The summed E-state index contributed by atoms with van der Waals surface area (Å²) >= 11 is 0. The molecule has 0 bridgehead atoms. The topological polar surface area (TPSA) is 50.8 Å². The number of imidazole rings is 1. The predicted octanol–water partition coefficient (Wildman–Crippen LogP) is 4.57. The number of hydrogen-bond donors (Lipinski definition) is 1. The molecule has 0 unspecified atom stereocenters. The maximum atomic E-state index is 13.4. The minimum absolute atomic E-state index is 0. The van der Waals surface area contributed by atoms with Crippen molar-refractivity contribution in [3.63, 3.8) is 0 Å². The van der Waals surface area contributed by atoms with Crippen LogP contribution in [0.15, 0.2) is 78.9 Å². The number of ketones is 1. The highest BCUT2D eigenvalue weighted by Gasteiger charge is 2.15. The van der Waals surface area contributed by atoms with Gasteiger partial charge in [-0.15, -0.1) is 17.0 Å². The summed E-state index contributed by atoms with van der Waals surface area (Å²) < 4.78 is 17.0. The number of carbonyl (C=O) groups excluding carboxylic acids is 1. The maximum Gasteiger partial charge on any atom is 0.203 e. The molecular formula is C22H19BrFN3O. The van der Waals surface area contributed by atoms with Crippen LogP contribution >= 0.6 is 17.0 Å². The van der Waals surface area contributed by atoms with E-state index in [1.807, 2.05) is 59.2 Å². The van der Waals surface area contributed by atoms with Crippen molar-refractivity contribution in [2.75, 3.05) is 0 Å². The fourth-order valence-electron chi connectivity index (χ4n) is 3.28. The number of hydrogen-bond acceptors (Lipinski definition) is 2. The SMILES string of the molecule is Br.N=c1n(CC(=O)c2cccc(F)c2)c2ccccc2n1Cc1ccccc1. The Morgan fingerprint density at radius 1 is 0.857 bits per heavy atom. The Labute approximate surface area is 172 Å². The van der Waals surface area contributed by atoms with Gasteiger partial charge in [-0.1, -0.05) is 54.6 Å². The number of fused-ring (bicyclic) bond motifs is 1. The monoisotopic (exact) mass is 439 g/mol. The van der Waals surface area contributed by atoms with E-state index in [0.29, 0.717) is 12.1 Å². The summed E-state index contributed by atoms with van der Waals surface area (Å²) in [6.07, 6.45) is 0. The van der Waals surface area contributed by atoms with Gasteiger partial charge in [0.25, 0.3) is 0 Å². The Bertz CT molecular complexity index is 1180. The fourth-order valence-corrected chi connectivity index (χ4v) is 3.28. The molecule has 0 aliphatic rings. The van der Waals surface area contributed by atoms with Crippen molar-refractivity contribution < 1.29 is 9.18 Å². The Hall–Kier alpha value is -2.99. The minimum Gasteiger partial charge on any atom is -0.306 e. The van der Waals surface area contributed by atoms with Gasteiger partial charge in [-0.25, -0.2) is 4.39 Å². The lowest BCUT2D eigenvalue weighted by molar-refractivity contribution is 0.0971. The Morgan fingerprint density at radius 3 is 2.18 bits per heavy atom. The lowest BCUT2D eigenvalue weighted by atomic mass is 10.1. The second-order valence-corrected chi connectivity index (χ2v) is 6.40. The molecule has 0 spiro atoms. The van der Waals surface area contributed by atoms with Crippen LogP contribution in [0, 0.1) is 11.2 Å². The van der Waals surface area contributed by atoms with E-state index in [2.05, 4.69) is 0 Å². The summed E-state index contributed by atoms with van der Waals surface area (Å²) in [6, 6.07) is 23.2. The first-order valence-electron chi connectivity index (χ1n) is 8.69. The molecule has 4 rings (SSSR count). The molecule has 6 heteroatoms. The second-order valence-electron chi connectivity index (χ2n) is 6.40. The molecule has 0 fully saturated rings. The maximum absolute atomic E-state index is 13.4. The van der Waals surface area contributed by atoms with Gasteiger partial charge in [-0.3, -0.25) is 10.2 Å². The molecule has 0 aliphatic heterocycles. The largest absolute Gasteiger partial charge is 0.306 e. The zero-order chi connectivity index (χ0) is 18.8. The number of aromatic nitrogens is 2. The van der Waals surface area contributed by atoms with Gasteiger partial charge in [0.1, 0.15) is 5.82 Å². The van der Waals surface area contributed by atoms with Crippen LogP contribution < -0.4 is 5.62 Å². The molecular weight excluding hydrogens is 421 g/mol. The highest BCUT2D eigenvalue weighted by Crippen LogP contribution is 2.15. The van der Waals surface area contributed by atoms with Crippen molar-refractivity contribution in [3.8, 4) is 0 Å². The van der Waals surface area contributed by atoms with Crippen LogP contribution in [0.5, 0.6) is 0 Å². The van der Waals surface area contributed by atoms with Crippen molar-refractivity contribution in [1.29, 1.82) is 5.41 Å². The summed E-state index contributed by atoms with van der Waals surface area (Å²) in [5.41, 5.74) is 3.32. The molecule has 0 saturated heterocycles. The summed E-state index contributed by atoms with van der Waals surface area (Å²) in [5, 5.41) is 8.62. The summed E-state index contributed by atoms with van der Waals surface area (Å²) in [6.45, 7) is 0.534. The lowest BCUT2D eigenvalue weighted by Crippen LogP contribution is -2.27. The molecule has 1 N–H and O–H groups in total. The highest BCUT2D eigenvalue weighted by atomic mass is 79.9. The molecule has 0 aliphatic carbocycles. The van der Waals surface area contributed by atoms with Crippen LogP contribution in [0.1, 0.15) is 15.9 Å². The van der Waals surface area contributed by atoms with E-state index in [0.717, 1.165) is 16.6 Å². The number of benzene rings is 3. The van der Waals surface area contributed by atoms with Gasteiger partial charge in [0.2, 0.25) is 5.62 Å². The molecule has 1 heterocycles. The van der Waals surface area contributed by atoms with Crippen molar-refractivity contribution in [2.24, 2.45) is 0 Å². The van der Waals surface area contributed by atoms with Crippen molar-refractivity contribution in [2.45, 2.75) is 13.1 Å². The molecule has 0 amide bonds. The Balaban J connectivity index is 0.00000225. The minimum atomic E-state index is -0.441. The smallest absolute Gasteiger partial charge is 0.203 e. The standard InChI is InChI=1S/C22H18FN3O.BrH/c23-18-10-6-9-17(13-18)21(27)15-26-20-12-5-4-11-19(20)25(22(26)24)14-16-7-2-1-3-8-16;/h1-13,24H,14-15H2;1H. The average molecular weight is 440 g/mol. The molecule has 28 heavy (non-hydrogen) atoms. The van der Waals surface area contributed by atoms with Gasteiger partial charge in [0, 0.05) is 5.56 Å². The number of carbonyl (C=O) groups is 1. The number of nitrogens with zero attached hydrogens (tertiary/aromatic N) is 2. The molecule has 0 saturated carbocycles. The third-order valence-corrected chi connectivity index (χ3v) is 4.61. The van der Waals surface area contributed by atoms with Crippen LogP contribution in [0.2, 0.25) is 0 Å². The summed E-state index contributed by atoms with van der Waals surface area (Å²) in [7, 11) is 0. The first-order chi connectivity index (χ1) is 13.1. The first kappa shape index (κ1) is 19.8. The van der Waals surface area contributed by atoms with Crippen molar-refractivity contribution in [1.82, 2.24) is 9.13 Å². The van der Waals surface area contributed by atoms with Gasteiger partial charge < -0.3 is 9.13 Å². The number of Topliss-reactive ketones (excluding diaryl/α,β-unsaturated/α-hetero) is 1. The highest BCUT2D eigenvalue weighted by molar-refractivity contribution is 8.93. The molecule has 0 radical (unpaired) electrons. The van der Waals surface area contributed by atoms with E-state index in [1.54, 1.807) is 10.6 Å². The van der Waals surface area contributed by atoms with Crippen molar-refractivity contribution >= 4 is 33.8 Å². The molecule has 3 aromatic carbocycles. The second kappa shape index (κ2) is 8.35. The Kier molecular flexibility index (Phi) is 5.90. The lowest BCUT2D eigenvalue weighted by Gasteiger charge is -2.05. The normalized spacial score (nSPS) is 10.6. The zero-order valence-corrected chi connectivity index (χ0v) is 16.7. The summed E-state index contributed by atoms with van der Waals surface area (Å²) in [5.74, 6) is -0.668. The summed E-state index contributed by atoms with van der Waals surface area (Å²) in [4.78, 5) is 12.6. The van der Waals surface area contributed by atoms with Gasteiger partial charge in [0.05, 0.1) is 24.1 Å². The van der Waals surface area contributed by atoms with Gasteiger partial charge in [-0.2, -0.15) is 0 Å². The van der Waals surface area contributed by atoms with E-state index >= 15 is 0 Å². The van der Waals surface area contributed by atoms with Crippen LogP contribution in [0.4, 0.5) is 4.39 Å². The van der Waals surface area contributed by atoms with E-state index in [-0.39, 0.29) is 34.9 Å². The number of rotatable bonds is 5. The van der Waals surface area contributed by atoms with E-state index in [1.165, 1.54) is 18.2 Å². The molecule has 4 nitrogen and oxygen atoms in total. The number of para-hydroxylation sites is 2. The molecule has 4 aromatic rings. The van der Waals surface area contributed by atoms with Gasteiger partial charge in [-0.05, 0) is 29.8 Å². The molecule has 0 atom stereocenters. The first-order valence-corrected chi connectivity index (χ1v) is 8.69.